The van der Waals surface area contributed by atoms with E-state index >= 15 is 0 Å². The zero-order chi connectivity index (χ0) is 44.4. The minimum absolute atomic E-state index is 0.0658. The normalized spacial score (nSPS) is 11.5. The van der Waals surface area contributed by atoms with Crippen molar-refractivity contribution in [2.45, 2.75) is 60.8 Å². The number of benzene rings is 2. The highest BCUT2D eigenvalue weighted by atomic mass is 32.1. The lowest BCUT2D eigenvalue weighted by Gasteiger charge is -2.12. The van der Waals surface area contributed by atoms with Crippen LogP contribution in [0.1, 0.15) is 72.5 Å². The predicted octanol–water partition coefficient (Wildman–Crippen LogP) is 10.8. The number of aryl methyl sites for hydroxylation is 5. The van der Waals surface area contributed by atoms with Gasteiger partial charge in [-0.05, 0) is 58.9 Å². The lowest BCUT2D eigenvalue weighted by Crippen LogP contribution is -2.13. The monoisotopic (exact) mass is 878 g/mol. The van der Waals surface area contributed by atoms with Crippen molar-refractivity contribution in [1.29, 1.82) is 0 Å². The Labute approximate surface area is 352 Å². The number of hydrogen-bond donors (Lipinski definition) is 2. The molecule has 0 unspecified atom stereocenters. The molecule has 20 heteroatoms. The molecular weight excluding hydrogens is 843 g/mol. The second-order valence-corrected chi connectivity index (χ2v) is 15.5. The van der Waals surface area contributed by atoms with Crippen LogP contribution >= 0.6 is 22.7 Å². The molecule has 0 atom stereocenters. The number of aromatic nitrogens is 8. The van der Waals surface area contributed by atoms with Gasteiger partial charge in [0, 0.05) is 39.5 Å². The third kappa shape index (κ3) is 9.44. The summed E-state index contributed by atoms with van der Waals surface area (Å²) in [5, 5.41) is 14.8. The molecule has 0 bridgehead atoms. The van der Waals surface area contributed by atoms with Gasteiger partial charge in [-0.25, -0.2) is 29.0 Å². The van der Waals surface area contributed by atoms with Crippen molar-refractivity contribution in [3.8, 4) is 22.5 Å². The molecule has 2 N–H and O–H groups in total. The van der Waals surface area contributed by atoms with Crippen molar-refractivity contribution < 1.29 is 35.9 Å². The number of nitrogens with one attached hydrogen (secondary N) is 2. The molecule has 6 heterocycles. The van der Waals surface area contributed by atoms with Gasteiger partial charge in [0.15, 0.2) is 21.6 Å². The van der Waals surface area contributed by atoms with Crippen LogP contribution in [0.25, 0.3) is 33.8 Å². The zero-order valence-corrected chi connectivity index (χ0v) is 35.1. The van der Waals surface area contributed by atoms with E-state index in [-0.39, 0.29) is 44.9 Å². The van der Waals surface area contributed by atoms with Crippen molar-refractivity contribution in [1.82, 2.24) is 39.2 Å². The number of anilines is 2. The van der Waals surface area contributed by atoms with E-state index in [1.165, 1.54) is 92.6 Å². The third-order valence-corrected chi connectivity index (χ3v) is 10.7. The molecule has 0 fully saturated rings. The fourth-order valence-corrected chi connectivity index (χ4v) is 7.54. The van der Waals surface area contributed by atoms with Gasteiger partial charge in [-0.1, -0.05) is 50.2 Å². The van der Waals surface area contributed by atoms with Crippen molar-refractivity contribution >= 4 is 56.0 Å². The van der Waals surface area contributed by atoms with E-state index in [9.17, 15) is 35.9 Å². The molecule has 8 aromatic rings. The molecular formula is C41H36F6N10O2S2. The fraction of sp³-hybridized carbons (Fsp3) is 0.220. The first-order valence-electron chi connectivity index (χ1n) is 18.4. The Balaban J connectivity index is 0.000000196. The van der Waals surface area contributed by atoms with Gasteiger partial charge in [-0.15, -0.1) is 22.7 Å². The summed E-state index contributed by atoms with van der Waals surface area (Å²) in [5.74, 6) is -0.939. The molecule has 0 saturated carbocycles. The van der Waals surface area contributed by atoms with Gasteiger partial charge in [-0.2, -0.15) is 36.5 Å². The average molecular weight is 879 g/mol. The fourth-order valence-electron chi connectivity index (χ4n) is 6.07. The Kier molecular flexibility index (Phi) is 12.7. The molecule has 316 valence electrons. The minimum atomic E-state index is -4.53. The Morgan fingerprint density at radius 3 is 1.43 bits per heavy atom. The lowest BCUT2D eigenvalue weighted by atomic mass is 10.0. The topological polar surface area (TPSA) is 144 Å². The number of nitrogens with zero attached hydrogens (tertiary/aromatic N) is 8. The maximum absolute atomic E-state index is 13.4. The highest BCUT2D eigenvalue weighted by Gasteiger charge is 2.35. The number of rotatable bonds is 6. The molecule has 0 aliphatic rings. The maximum Gasteiger partial charge on any atom is 0.417 e. The predicted molar refractivity (Wildman–Crippen MR) is 222 cm³/mol. The molecule has 2 aromatic carbocycles. The van der Waals surface area contributed by atoms with Crippen LogP contribution in [0.5, 0.6) is 0 Å². The first-order chi connectivity index (χ1) is 28.9. The smallest absolute Gasteiger partial charge is 0.298 e. The van der Waals surface area contributed by atoms with Gasteiger partial charge in [0.2, 0.25) is 0 Å². The average Bonchev–Trinajstić information content (AvgIpc) is 3.96. The largest absolute Gasteiger partial charge is 0.417 e. The Bertz CT molecular complexity index is 2870. The molecule has 2 amide bonds. The van der Waals surface area contributed by atoms with E-state index in [1.54, 1.807) is 20.0 Å². The molecule has 0 aliphatic heterocycles. The number of halogens is 6. The quantitative estimate of drug-likeness (QED) is 0.157. The second kappa shape index (κ2) is 17.6. The summed E-state index contributed by atoms with van der Waals surface area (Å²) in [6, 6.07) is 13.3. The number of hydrogen-bond acceptors (Lipinski definition) is 10. The molecule has 0 spiro atoms. The highest BCUT2D eigenvalue weighted by molar-refractivity contribution is 7.16. The van der Waals surface area contributed by atoms with Crippen LogP contribution in [-0.2, 0) is 12.4 Å². The van der Waals surface area contributed by atoms with Gasteiger partial charge < -0.3 is 0 Å². The molecule has 0 aliphatic carbocycles. The SMILES string of the molecule is CC.Cc1cnc(NC(=O)c2c(C)nn3ccc(-c4ccccc4C(F)(F)F)nc23)s1.Cc1nc(NC(=O)c2c(C)nn3ccc(-c4ccccc4C(F)(F)F)nc23)sc1C. The van der Waals surface area contributed by atoms with Crippen LogP contribution in [0.2, 0.25) is 0 Å². The molecule has 8 rings (SSSR count). The standard InChI is InChI=1S/C20H16F3N5OS.C19H14F3N5OS.C2H6/c1-10-12(3)30-19(24-10)26-18(29)16-11(2)27-28-9-8-15(25-17(16)28)13-6-4-5-7-14(13)20(21,22)23;1-10-9-23-18(29-10)25-17(28)15-11(2)26-27-8-7-14(24-16(15)27)12-5-3-4-6-13(12)19(20,21)22;1-2/h4-9H,1-3H3,(H,24,26,29);3-9H,1-2H3,(H,23,25,28);1-2H3. The number of fused-ring (bicyclic) bond motifs is 2. The van der Waals surface area contributed by atoms with E-state index in [0.29, 0.717) is 21.7 Å². The summed E-state index contributed by atoms with van der Waals surface area (Å²) < 4.78 is 83.2. The van der Waals surface area contributed by atoms with E-state index in [1.807, 2.05) is 34.6 Å². The van der Waals surface area contributed by atoms with Gasteiger partial charge in [0.25, 0.3) is 11.8 Å². The van der Waals surface area contributed by atoms with Gasteiger partial charge in [0.05, 0.1) is 39.6 Å². The van der Waals surface area contributed by atoms with Crippen LogP contribution in [0.15, 0.2) is 79.3 Å². The first-order valence-corrected chi connectivity index (χ1v) is 20.1. The van der Waals surface area contributed by atoms with E-state index in [2.05, 4.69) is 40.8 Å². The third-order valence-electron chi connectivity index (χ3n) is 8.88. The minimum Gasteiger partial charge on any atom is -0.298 e. The molecule has 12 nitrogen and oxygen atoms in total. The summed E-state index contributed by atoms with van der Waals surface area (Å²) in [6.45, 7) is 12.9. The Hall–Kier alpha value is -6.54. The summed E-state index contributed by atoms with van der Waals surface area (Å²) in [4.78, 5) is 44.6. The van der Waals surface area contributed by atoms with Gasteiger partial charge in [-0.3, -0.25) is 20.2 Å². The molecule has 6 aromatic heterocycles. The second-order valence-electron chi connectivity index (χ2n) is 13.0. The summed E-state index contributed by atoms with van der Waals surface area (Å²) in [7, 11) is 0. The summed E-state index contributed by atoms with van der Waals surface area (Å²) in [5.41, 5.74) is 0.826. The van der Waals surface area contributed by atoms with E-state index < -0.39 is 35.3 Å². The van der Waals surface area contributed by atoms with Crippen LogP contribution in [-0.4, -0.2) is 51.0 Å². The van der Waals surface area contributed by atoms with Crippen LogP contribution < -0.4 is 10.6 Å². The molecule has 0 saturated heterocycles. The van der Waals surface area contributed by atoms with Crippen molar-refractivity contribution in [3.63, 3.8) is 0 Å². The van der Waals surface area contributed by atoms with Gasteiger partial charge >= 0.3 is 12.4 Å². The zero-order valence-electron chi connectivity index (χ0n) is 33.5. The van der Waals surface area contributed by atoms with Crippen molar-refractivity contribution in [2.75, 3.05) is 10.6 Å². The maximum atomic E-state index is 13.4. The van der Waals surface area contributed by atoms with E-state index in [4.69, 9.17) is 0 Å². The Morgan fingerprint density at radius 2 is 1.03 bits per heavy atom. The number of alkyl halides is 6. The number of carbonyl (C=O) groups excluding carboxylic acids is 2. The molecule has 61 heavy (non-hydrogen) atoms. The number of amides is 2. The summed E-state index contributed by atoms with van der Waals surface area (Å²) >= 11 is 2.65. The van der Waals surface area contributed by atoms with Crippen molar-refractivity contribution in [3.05, 3.63) is 128 Å². The Morgan fingerprint density at radius 1 is 0.590 bits per heavy atom. The number of carbonyl (C=O) groups is 2. The summed E-state index contributed by atoms with van der Waals surface area (Å²) in [6.07, 6.45) is -4.44. The lowest BCUT2D eigenvalue weighted by molar-refractivity contribution is -0.137. The molecule has 0 radical (unpaired) electrons. The van der Waals surface area contributed by atoms with Crippen LogP contribution in [0.3, 0.4) is 0 Å². The first kappa shape index (κ1) is 44.0. The van der Waals surface area contributed by atoms with Gasteiger partial charge in [0.1, 0.15) is 11.1 Å². The number of thiazole rings is 2. The van der Waals surface area contributed by atoms with Crippen molar-refractivity contribution in [2.24, 2.45) is 0 Å². The van der Waals surface area contributed by atoms with E-state index in [0.717, 1.165) is 27.6 Å². The highest BCUT2D eigenvalue weighted by Crippen LogP contribution is 2.38. The van der Waals surface area contributed by atoms with Crippen LogP contribution in [0, 0.1) is 34.6 Å². The van der Waals surface area contributed by atoms with Crippen LogP contribution in [0.4, 0.5) is 36.6 Å².